The van der Waals surface area contributed by atoms with Crippen molar-refractivity contribution in [1.29, 1.82) is 0 Å². The van der Waals surface area contributed by atoms with Gasteiger partial charge < -0.3 is 0 Å². The number of hydrogen-bond acceptors (Lipinski definition) is 4. The van der Waals surface area contributed by atoms with Crippen LogP contribution >= 0.6 is 11.3 Å². The molecule has 0 fully saturated rings. The Bertz CT molecular complexity index is 726. The second-order valence-electron chi connectivity index (χ2n) is 6.99. The number of thiophene rings is 1. The smallest absolute Gasteiger partial charge is 0.267 e. The van der Waals surface area contributed by atoms with Gasteiger partial charge in [-0.2, -0.15) is 5.10 Å². The quantitative estimate of drug-likeness (QED) is 0.854. The lowest BCUT2D eigenvalue weighted by Gasteiger charge is -2.33. The van der Waals surface area contributed by atoms with Crippen molar-refractivity contribution in [3.05, 3.63) is 50.1 Å². The molecule has 0 aromatic carbocycles. The van der Waals surface area contributed by atoms with Crippen LogP contribution in [-0.2, 0) is 18.5 Å². The van der Waals surface area contributed by atoms with Crippen LogP contribution in [0.2, 0.25) is 0 Å². The maximum Gasteiger partial charge on any atom is 0.267 e. The molecule has 2 aromatic rings. The highest BCUT2D eigenvalue weighted by atomic mass is 32.1. The highest BCUT2D eigenvalue weighted by molar-refractivity contribution is 7.10. The zero-order valence-electron chi connectivity index (χ0n) is 13.7. The molecule has 3 heterocycles. The maximum atomic E-state index is 12.2. The third-order valence-electron chi connectivity index (χ3n) is 4.35. The molecule has 3 rings (SSSR count). The van der Waals surface area contributed by atoms with Gasteiger partial charge in [0, 0.05) is 28.9 Å². The van der Waals surface area contributed by atoms with Gasteiger partial charge in [-0.15, -0.1) is 11.3 Å². The van der Waals surface area contributed by atoms with Crippen LogP contribution in [-0.4, -0.2) is 21.2 Å². The van der Waals surface area contributed by atoms with Crippen LogP contribution in [0.15, 0.2) is 28.4 Å². The van der Waals surface area contributed by atoms with Crippen LogP contribution < -0.4 is 5.56 Å². The fourth-order valence-electron chi connectivity index (χ4n) is 2.88. The fraction of sp³-hybridized carbons (Fsp3) is 0.529. The average molecular weight is 317 g/mol. The maximum absolute atomic E-state index is 12.2. The summed E-state index contributed by atoms with van der Waals surface area (Å²) in [5.74, 6) is 0. The highest BCUT2D eigenvalue weighted by Crippen LogP contribution is 2.32. The van der Waals surface area contributed by atoms with Gasteiger partial charge in [-0.1, -0.05) is 20.8 Å². The Labute approximate surface area is 135 Å². The molecule has 0 spiro atoms. The van der Waals surface area contributed by atoms with E-state index in [0.29, 0.717) is 12.7 Å². The van der Waals surface area contributed by atoms with Gasteiger partial charge in [-0.3, -0.25) is 9.69 Å². The van der Waals surface area contributed by atoms with Gasteiger partial charge in [0.05, 0.1) is 12.4 Å². The van der Waals surface area contributed by atoms with E-state index < -0.39 is 0 Å². The largest absolute Gasteiger partial charge is 0.277 e. The van der Waals surface area contributed by atoms with Gasteiger partial charge >= 0.3 is 0 Å². The molecule has 0 saturated carbocycles. The molecule has 1 aliphatic heterocycles. The van der Waals surface area contributed by atoms with Gasteiger partial charge in [0.25, 0.3) is 5.56 Å². The molecule has 0 amide bonds. The first-order valence-corrected chi connectivity index (χ1v) is 8.63. The predicted octanol–water partition coefficient (Wildman–Crippen LogP) is 3.18. The molecule has 0 N–H and O–H groups in total. The molecule has 2 aromatic heterocycles. The van der Waals surface area contributed by atoms with Crippen LogP contribution in [0.25, 0.3) is 0 Å². The zero-order valence-corrected chi connectivity index (χ0v) is 14.5. The molecule has 0 aliphatic carbocycles. The average Bonchev–Trinajstić information content (AvgIpc) is 2.92. The normalized spacial score (nSPS) is 19.2. The number of aromatic nitrogens is 2. The Morgan fingerprint density at radius 2 is 2.09 bits per heavy atom. The van der Waals surface area contributed by atoms with Crippen LogP contribution in [0.1, 0.15) is 49.9 Å². The molecule has 22 heavy (non-hydrogen) atoms. The van der Waals surface area contributed by atoms with E-state index in [-0.39, 0.29) is 11.0 Å². The second-order valence-corrected chi connectivity index (χ2v) is 7.99. The lowest BCUT2D eigenvalue weighted by molar-refractivity contribution is 0.141. The summed E-state index contributed by atoms with van der Waals surface area (Å²) in [5.41, 5.74) is 2.27. The van der Waals surface area contributed by atoms with Gasteiger partial charge in [-0.25, -0.2) is 4.68 Å². The Balaban J connectivity index is 1.86. The van der Waals surface area contributed by atoms with E-state index in [0.717, 1.165) is 18.7 Å². The number of rotatable bonds is 2. The van der Waals surface area contributed by atoms with Gasteiger partial charge in [0.15, 0.2) is 0 Å². The van der Waals surface area contributed by atoms with Crippen molar-refractivity contribution in [3.8, 4) is 0 Å². The third kappa shape index (κ3) is 2.88. The van der Waals surface area contributed by atoms with E-state index in [2.05, 4.69) is 49.1 Å². The molecule has 5 heteroatoms. The monoisotopic (exact) mass is 317 g/mol. The molecule has 0 bridgehead atoms. The topological polar surface area (TPSA) is 38.1 Å². The minimum absolute atomic E-state index is 0.0312. The van der Waals surface area contributed by atoms with Crippen molar-refractivity contribution in [3.63, 3.8) is 0 Å². The summed E-state index contributed by atoms with van der Waals surface area (Å²) < 4.78 is 1.61. The van der Waals surface area contributed by atoms with Gasteiger partial charge in [0.1, 0.15) is 0 Å². The van der Waals surface area contributed by atoms with E-state index in [1.807, 2.05) is 17.4 Å². The van der Waals surface area contributed by atoms with Gasteiger partial charge in [-0.05, 0) is 36.4 Å². The van der Waals surface area contributed by atoms with Crippen LogP contribution in [0, 0.1) is 0 Å². The molecule has 0 radical (unpaired) electrons. The van der Waals surface area contributed by atoms with Crippen LogP contribution in [0.5, 0.6) is 0 Å². The van der Waals surface area contributed by atoms with Crippen LogP contribution in [0.3, 0.4) is 0 Å². The van der Waals surface area contributed by atoms with Crippen LogP contribution in [0.4, 0.5) is 0 Å². The van der Waals surface area contributed by atoms with Crippen molar-refractivity contribution in [2.45, 2.75) is 52.2 Å². The van der Waals surface area contributed by atoms with E-state index in [4.69, 9.17) is 0 Å². The lowest BCUT2D eigenvalue weighted by Crippen LogP contribution is -2.39. The lowest BCUT2D eigenvalue weighted by atomic mass is 9.92. The minimum Gasteiger partial charge on any atom is -0.277 e. The first-order valence-electron chi connectivity index (χ1n) is 7.75. The summed E-state index contributed by atoms with van der Waals surface area (Å²) >= 11 is 1.84. The first-order chi connectivity index (χ1) is 10.4. The molecular weight excluding hydrogens is 294 g/mol. The standard InChI is InChI=1S/C17H23N3OS/c1-12-13-8-10-22-14(13)7-9-19(12)11-20-16(21)6-5-15(18-20)17(2,3)4/h5-6,8,10,12H,7,9,11H2,1-4H3/t12-/m1/s1. The van der Waals surface area contributed by atoms with Crippen molar-refractivity contribution in [2.75, 3.05) is 6.54 Å². The van der Waals surface area contributed by atoms with E-state index >= 15 is 0 Å². The summed E-state index contributed by atoms with van der Waals surface area (Å²) in [5, 5.41) is 6.74. The van der Waals surface area contributed by atoms with E-state index in [1.54, 1.807) is 10.7 Å². The zero-order chi connectivity index (χ0) is 15.9. The summed E-state index contributed by atoms with van der Waals surface area (Å²) in [6, 6.07) is 6.02. The molecule has 118 valence electrons. The van der Waals surface area contributed by atoms with E-state index in [1.165, 1.54) is 10.4 Å². The van der Waals surface area contributed by atoms with Crippen molar-refractivity contribution in [2.24, 2.45) is 0 Å². The summed E-state index contributed by atoms with van der Waals surface area (Å²) in [7, 11) is 0. The van der Waals surface area contributed by atoms with E-state index in [9.17, 15) is 4.79 Å². The second kappa shape index (κ2) is 5.63. The number of nitrogens with zero attached hydrogens (tertiary/aromatic N) is 3. The molecule has 0 saturated heterocycles. The first kappa shape index (κ1) is 15.4. The van der Waals surface area contributed by atoms with Crippen molar-refractivity contribution in [1.82, 2.24) is 14.7 Å². The van der Waals surface area contributed by atoms with Crippen molar-refractivity contribution < 1.29 is 0 Å². The molecular formula is C17H23N3OS. The Morgan fingerprint density at radius 3 is 2.82 bits per heavy atom. The highest BCUT2D eigenvalue weighted by Gasteiger charge is 2.25. The third-order valence-corrected chi connectivity index (χ3v) is 5.35. The molecule has 0 unspecified atom stereocenters. The fourth-order valence-corrected chi connectivity index (χ4v) is 3.84. The molecule has 1 atom stereocenters. The Hall–Kier alpha value is -1.46. The number of fused-ring (bicyclic) bond motifs is 1. The molecule has 4 nitrogen and oxygen atoms in total. The van der Waals surface area contributed by atoms with Gasteiger partial charge in [0.2, 0.25) is 0 Å². The minimum atomic E-state index is -0.0521. The predicted molar refractivity (Wildman–Crippen MR) is 90.3 cm³/mol. The molecule has 1 aliphatic rings. The van der Waals surface area contributed by atoms with Crippen molar-refractivity contribution >= 4 is 11.3 Å². The Kier molecular flexibility index (Phi) is 3.95. The number of hydrogen-bond donors (Lipinski definition) is 0. The summed E-state index contributed by atoms with van der Waals surface area (Å²) in [6.07, 6.45) is 1.06. The Morgan fingerprint density at radius 1 is 1.32 bits per heavy atom. The summed E-state index contributed by atoms with van der Waals surface area (Å²) in [4.78, 5) is 16.0. The SMILES string of the molecule is C[C@@H]1c2ccsc2CCN1Cn1nc(C(C)(C)C)ccc1=O. The summed E-state index contributed by atoms with van der Waals surface area (Å²) in [6.45, 7) is 10.1.